The summed E-state index contributed by atoms with van der Waals surface area (Å²) in [5.74, 6) is -0.418. The van der Waals surface area contributed by atoms with Crippen LogP contribution >= 0.6 is 0 Å². The van der Waals surface area contributed by atoms with Gasteiger partial charge in [0, 0.05) is 13.0 Å². The van der Waals surface area contributed by atoms with Crippen LogP contribution in [0.25, 0.3) is 0 Å². The number of allylic oxidation sites excluding steroid dienone is 6. The van der Waals surface area contributed by atoms with Crippen LogP contribution in [0.5, 0.6) is 0 Å². The molecule has 0 aromatic rings. The number of aliphatic hydroxyl groups excluding tert-OH is 3. The van der Waals surface area contributed by atoms with Crippen molar-refractivity contribution in [3.8, 4) is 0 Å². The van der Waals surface area contributed by atoms with Crippen molar-refractivity contribution >= 4 is 16.4 Å². The van der Waals surface area contributed by atoms with E-state index in [1.54, 1.807) is 0 Å². The van der Waals surface area contributed by atoms with Crippen molar-refractivity contribution in [1.82, 2.24) is 0 Å². The normalized spacial score (nSPS) is 22.0. The molecule has 0 spiro atoms. The van der Waals surface area contributed by atoms with Crippen LogP contribution in [0, 0.1) is 0 Å². The van der Waals surface area contributed by atoms with Crippen LogP contribution in [0.1, 0.15) is 136 Å². The van der Waals surface area contributed by atoms with Gasteiger partial charge in [0.25, 0.3) is 0 Å². The van der Waals surface area contributed by atoms with Crippen LogP contribution in [-0.2, 0) is 38.3 Å². The average Bonchev–Trinajstić information content (AvgIpc) is 3.09. The average molecular weight is 749 g/mol. The second kappa shape index (κ2) is 30.7. The molecule has 0 aromatic carbocycles. The van der Waals surface area contributed by atoms with Gasteiger partial charge in [-0.15, -0.1) is 0 Å². The van der Waals surface area contributed by atoms with Crippen LogP contribution < -0.4 is 0 Å². The molecule has 0 aromatic heterocycles. The summed E-state index contributed by atoms with van der Waals surface area (Å²) in [6.07, 6.45) is 23.4. The van der Waals surface area contributed by atoms with Crippen molar-refractivity contribution in [3.63, 3.8) is 0 Å². The number of hydrogen-bond acceptors (Lipinski definition) is 11. The zero-order valence-corrected chi connectivity index (χ0v) is 32.0. The lowest BCUT2D eigenvalue weighted by atomic mass is 9.99. The molecule has 51 heavy (non-hydrogen) atoms. The van der Waals surface area contributed by atoms with Crippen molar-refractivity contribution in [2.45, 2.75) is 173 Å². The summed E-state index contributed by atoms with van der Waals surface area (Å²) in [6.45, 7) is 3.79. The van der Waals surface area contributed by atoms with Crippen molar-refractivity contribution < 1.29 is 56.2 Å². The molecule has 0 amide bonds. The third kappa shape index (κ3) is 25.1. The lowest BCUT2D eigenvalue weighted by Crippen LogP contribution is -2.60. The molecule has 4 N–H and O–H groups in total. The molecule has 1 aliphatic rings. The quantitative estimate of drug-likeness (QED) is 0.0249. The van der Waals surface area contributed by atoms with E-state index in [2.05, 4.69) is 54.5 Å². The number of esters is 1. The smallest absolute Gasteiger partial charge is 0.397 e. The number of carbonyl (C=O) groups is 1. The first-order valence-electron chi connectivity index (χ1n) is 19.2. The first kappa shape index (κ1) is 47.3. The topological polar surface area (TPSA) is 178 Å². The van der Waals surface area contributed by atoms with E-state index in [9.17, 15) is 28.5 Å². The molecule has 1 aliphatic heterocycles. The van der Waals surface area contributed by atoms with E-state index in [1.807, 2.05) is 0 Å². The second-order valence-corrected chi connectivity index (χ2v) is 14.2. The number of rotatable bonds is 32. The third-order valence-corrected chi connectivity index (χ3v) is 8.91. The summed E-state index contributed by atoms with van der Waals surface area (Å²) in [6, 6.07) is 0. The van der Waals surface area contributed by atoms with Crippen LogP contribution in [0.15, 0.2) is 36.5 Å². The van der Waals surface area contributed by atoms with E-state index >= 15 is 0 Å². The Bertz CT molecular complexity index is 1050. The van der Waals surface area contributed by atoms with Gasteiger partial charge in [0.15, 0.2) is 6.29 Å². The number of hydrogen-bond donors (Lipinski definition) is 4. The number of aliphatic hydroxyl groups is 3. The van der Waals surface area contributed by atoms with Crippen LogP contribution in [0.3, 0.4) is 0 Å². The van der Waals surface area contributed by atoms with E-state index in [1.165, 1.54) is 19.3 Å². The highest BCUT2D eigenvalue weighted by atomic mass is 32.3. The summed E-state index contributed by atoms with van der Waals surface area (Å²) in [7, 11) is -5.06. The Balaban J connectivity index is 2.52. The summed E-state index contributed by atoms with van der Waals surface area (Å²) < 4.78 is 58.7. The molecule has 1 fully saturated rings. The molecular formula is C38H68O12S. The summed E-state index contributed by atoms with van der Waals surface area (Å²) in [4.78, 5) is 12.7. The lowest BCUT2D eigenvalue weighted by Gasteiger charge is -2.41. The predicted molar refractivity (Wildman–Crippen MR) is 197 cm³/mol. The molecule has 0 radical (unpaired) electrons. The van der Waals surface area contributed by atoms with Crippen molar-refractivity contribution in [2.24, 2.45) is 0 Å². The zero-order valence-electron chi connectivity index (χ0n) is 31.2. The van der Waals surface area contributed by atoms with Crippen molar-refractivity contribution in [2.75, 3.05) is 26.4 Å². The van der Waals surface area contributed by atoms with Gasteiger partial charge in [-0.1, -0.05) is 108 Å². The van der Waals surface area contributed by atoms with Crippen molar-refractivity contribution in [1.29, 1.82) is 0 Å². The highest BCUT2D eigenvalue weighted by Gasteiger charge is 2.48. The van der Waals surface area contributed by atoms with Gasteiger partial charge in [0.05, 0.1) is 19.8 Å². The molecule has 6 unspecified atom stereocenters. The Labute approximate surface area is 307 Å². The maximum atomic E-state index is 12.7. The van der Waals surface area contributed by atoms with E-state index in [0.29, 0.717) is 13.0 Å². The highest BCUT2D eigenvalue weighted by molar-refractivity contribution is 7.80. The van der Waals surface area contributed by atoms with Crippen LogP contribution in [0.4, 0.5) is 0 Å². The van der Waals surface area contributed by atoms with Gasteiger partial charge in [-0.25, -0.2) is 4.18 Å². The SMILES string of the molecule is CCC/C=C\C/C=C\CCCCCCCCOCC(COC1OC(CO)C(O)C(OS(=O)(=O)O)C1O)OC(=O)CCCCCCC/C=C\CCC. The maximum absolute atomic E-state index is 12.7. The van der Waals surface area contributed by atoms with Gasteiger partial charge in [-0.05, 0) is 57.8 Å². The Morgan fingerprint density at radius 1 is 0.745 bits per heavy atom. The van der Waals surface area contributed by atoms with E-state index in [4.69, 9.17) is 23.5 Å². The van der Waals surface area contributed by atoms with E-state index in [-0.39, 0.29) is 19.6 Å². The molecule has 0 saturated carbocycles. The first-order chi connectivity index (χ1) is 24.6. The minimum Gasteiger partial charge on any atom is -0.457 e. The summed E-state index contributed by atoms with van der Waals surface area (Å²) in [5, 5.41) is 30.5. The first-order valence-corrected chi connectivity index (χ1v) is 20.6. The van der Waals surface area contributed by atoms with Gasteiger partial charge >= 0.3 is 16.4 Å². The standard InChI is InChI=1S/C38H68O12S/c1-3-5-7-9-11-13-15-16-17-18-20-22-24-26-28-46-30-32(48-34(40)27-25-23-21-19-14-12-10-8-6-4-2)31-47-38-36(42)37(50-51(43,44)45)35(41)33(29-39)49-38/h7-10,13,15,32-33,35-39,41-42H,3-6,11-12,14,16-31H2,1-2H3,(H,43,44,45)/b9-7-,10-8-,15-13-. The second-order valence-electron chi connectivity index (χ2n) is 13.2. The summed E-state index contributed by atoms with van der Waals surface area (Å²) in [5.41, 5.74) is 0. The minimum atomic E-state index is -5.06. The Morgan fingerprint density at radius 3 is 1.90 bits per heavy atom. The molecule has 6 atom stereocenters. The number of carbonyl (C=O) groups excluding carboxylic acids is 1. The van der Waals surface area contributed by atoms with E-state index in [0.717, 1.165) is 89.9 Å². The largest absolute Gasteiger partial charge is 0.457 e. The molecule has 12 nitrogen and oxygen atoms in total. The summed E-state index contributed by atoms with van der Waals surface area (Å²) >= 11 is 0. The molecule has 13 heteroatoms. The van der Waals surface area contributed by atoms with Crippen LogP contribution in [-0.4, -0.2) is 97.5 Å². The van der Waals surface area contributed by atoms with Gasteiger partial charge in [0.1, 0.15) is 30.5 Å². The fourth-order valence-electron chi connectivity index (χ4n) is 5.53. The monoisotopic (exact) mass is 748 g/mol. The fraction of sp³-hybridized carbons (Fsp3) is 0.816. The Hall–Kier alpha value is -1.68. The molecule has 298 valence electrons. The maximum Gasteiger partial charge on any atom is 0.397 e. The third-order valence-electron chi connectivity index (χ3n) is 8.45. The number of unbranched alkanes of at least 4 members (excludes halogenated alkanes) is 13. The number of ether oxygens (including phenoxy) is 4. The van der Waals surface area contributed by atoms with E-state index < -0.39 is 59.8 Å². The molecule has 0 aliphatic carbocycles. The minimum absolute atomic E-state index is 0.0249. The molecular weight excluding hydrogens is 680 g/mol. The van der Waals surface area contributed by atoms with Crippen LogP contribution in [0.2, 0.25) is 0 Å². The molecule has 0 bridgehead atoms. The predicted octanol–water partition coefficient (Wildman–Crippen LogP) is 6.68. The Morgan fingerprint density at radius 2 is 1.29 bits per heavy atom. The molecule has 1 heterocycles. The molecule has 1 saturated heterocycles. The van der Waals surface area contributed by atoms with Gasteiger partial charge in [0.2, 0.25) is 0 Å². The highest BCUT2D eigenvalue weighted by Crippen LogP contribution is 2.26. The van der Waals surface area contributed by atoms with Gasteiger partial charge < -0.3 is 34.3 Å². The molecule has 1 rings (SSSR count). The van der Waals surface area contributed by atoms with Gasteiger partial charge in [-0.2, -0.15) is 8.42 Å². The van der Waals surface area contributed by atoms with Gasteiger partial charge in [-0.3, -0.25) is 9.35 Å². The zero-order chi connectivity index (χ0) is 37.6. The Kier molecular flexibility index (Phi) is 28.5. The fourth-order valence-corrected chi connectivity index (χ4v) is 6.04. The van der Waals surface area contributed by atoms with Crippen molar-refractivity contribution in [3.05, 3.63) is 36.5 Å². The lowest BCUT2D eigenvalue weighted by molar-refractivity contribution is -0.301.